The van der Waals surface area contributed by atoms with Crippen LogP contribution in [0.5, 0.6) is 5.75 Å². The van der Waals surface area contributed by atoms with Crippen LogP contribution in [-0.2, 0) is 10.7 Å². The zero-order valence-electron chi connectivity index (χ0n) is 11.3. The molecular weight excluding hydrogens is 296 g/mol. The highest BCUT2D eigenvalue weighted by atomic mass is 35.5. The molecule has 0 saturated heterocycles. The number of ether oxygens (including phenoxy) is 1. The van der Waals surface area contributed by atoms with Crippen molar-refractivity contribution in [1.82, 2.24) is 4.98 Å². The second-order valence-electron chi connectivity index (χ2n) is 4.38. The Balaban J connectivity index is 1.88. The predicted octanol–water partition coefficient (Wildman–Crippen LogP) is 3.52. The zero-order valence-corrected chi connectivity index (χ0v) is 12.8. The number of amides is 1. The Morgan fingerprint density at radius 3 is 2.90 bits per heavy atom. The molecule has 0 bridgehead atoms. The Morgan fingerprint density at radius 2 is 2.25 bits per heavy atom. The van der Waals surface area contributed by atoms with Crippen molar-refractivity contribution in [2.24, 2.45) is 0 Å². The van der Waals surface area contributed by atoms with Crippen LogP contribution in [0.2, 0.25) is 0 Å². The highest BCUT2D eigenvalue weighted by Gasteiger charge is 2.08. The second-order valence-corrected chi connectivity index (χ2v) is 5.51. The maximum Gasteiger partial charge on any atom is 0.264 e. The minimum absolute atomic E-state index is 0.0420. The van der Waals surface area contributed by atoms with Crippen LogP contribution in [0.4, 0.5) is 5.13 Å². The van der Waals surface area contributed by atoms with E-state index in [2.05, 4.69) is 10.3 Å². The summed E-state index contributed by atoms with van der Waals surface area (Å²) in [6.07, 6.45) is 0. The maximum absolute atomic E-state index is 11.8. The summed E-state index contributed by atoms with van der Waals surface area (Å²) in [5, 5.41) is 5.03. The molecule has 0 aliphatic heterocycles. The van der Waals surface area contributed by atoms with E-state index in [1.807, 2.05) is 37.4 Å². The molecule has 20 heavy (non-hydrogen) atoms. The lowest BCUT2D eigenvalue weighted by molar-refractivity contribution is -0.118. The third-order valence-corrected chi connectivity index (χ3v) is 3.70. The van der Waals surface area contributed by atoms with Gasteiger partial charge in [0, 0.05) is 5.38 Å². The van der Waals surface area contributed by atoms with Gasteiger partial charge < -0.3 is 4.74 Å². The molecule has 106 valence electrons. The number of rotatable bonds is 5. The van der Waals surface area contributed by atoms with Gasteiger partial charge in [-0.1, -0.05) is 17.7 Å². The lowest BCUT2D eigenvalue weighted by Crippen LogP contribution is -2.20. The molecule has 2 rings (SSSR count). The largest absolute Gasteiger partial charge is 0.483 e. The summed E-state index contributed by atoms with van der Waals surface area (Å²) in [7, 11) is 0. The Bertz CT molecular complexity index is 613. The second kappa shape index (κ2) is 6.72. The van der Waals surface area contributed by atoms with E-state index in [4.69, 9.17) is 16.3 Å². The molecule has 0 aliphatic carbocycles. The minimum Gasteiger partial charge on any atom is -0.483 e. The molecule has 0 atom stereocenters. The van der Waals surface area contributed by atoms with E-state index >= 15 is 0 Å². The fourth-order valence-electron chi connectivity index (χ4n) is 1.69. The van der Waals surface area contributed by atoms with E-state index in [1.165, 1.54) is 11.3 Å². The predicted molar refractivity (Wildman–Crippen MR) is 81.7 cm³/mol. The van der Waals surface area contributed by atoms with Gasteiger partial charge in [-0.2, -0.15) is 0 Å². The van der Waals surface area contributed by atoms with Gasteiger partial charge in [-0.05, 0) is 25.5 Å². The number of benzene rings is 1. The summed E-state index contributed by atoms with van der Waals surface area (Å²) in [5.41, 5.74) is 2.93. The molecule has 0 unspecified atom stereocenters. The highest BCUT2D eigenvalue weighted by molar-refractivity contribution is 7.13. The molecule has 1 aromatic heterocycles. The lowest BCUT2D eigenvalue weighted by atomic mass is 10.1. The average molecular weight is 311 g/mol. The van der Waals surface area contributed by atoms with Crippen molar-refractivity contribution in [2.45, 2.75) is 19.7 Å². The fourth-order valence-corrected chi connectivity index (χ4v) is 2.64. The van der Waals surface area contributed by atoms with Crippen molar-refractivity contribution in [3.8, 4) is 5.75 Å². The Kier molecular flexibility index (Phi) is 4.98. The number of aryl methyl sites for hydroxylation is 2. The molecule has 4 nitrogen and oxygen atoms in total. The van der Waals surface area contributed by atoms with Gasteiger partial charge in [-0.3, -0.25) is 10.1 Å². The van der Waals surface area contributed by atoms with Gasteiger partial charge in [0.15, 0.2) is 11.7 Å². The van der Waals surface area contributed by atoms with Gasteiger partial charge in [0.2, 0.25) is 0 Å². The molecule has 1 N–H and O–H groups in total. The Labute approximate surface area is 126 Å². The van der Waals surface area contributed by atoms with Crippen LogP contribution in [0.1, 0.15) is 16.8 Å². The fraction of sp³-hybridized carbons (Fsp3) is 0.286. The third kappa shape index (κ3) is 3.95. The third-order valence-electron chi connectivity index (χ3n) is 2.62. The van der Waals surface area contributed by atoms with E-state index in [9.17, 15) is 4.79 Å². The molecule has 0 spiro atoms. The number of halogens is 1. The number of carbonyl (C=O) groups excluding carboxylic acids is 1. The van der Waals surface area contributed by atoms with Gasteiger partial charge in [-0.15, -0.1) is 22.9 Å². The molecule has 0 radical (unpaired) electrons. The quantitative estimate of drug-likeness (QED) is 0.860. The van der Waals surface area contributed by atoms with Gasteiger partial charge >= 0.3 is 0 Å². The van der Waals surface area contributed by atoms with E-state index in [-0.39, 0.29) is 12.5 Å². The van der Waals surface area contributed by atoms with Gasteiger partial charge in [0.25, 0.3) is 5.91 Å². The van der Waals surface area contributed by atoms with E-state index in [0.717, 1.165) is 16.8 Å². The average Bonchev–Trinajstić information content (AvgIpc) is 2.85. The van der Waals surface area contributed by atoms with Gasteiger partial charge in [0.1, 0.15) is 5.75 Å². The summed E-state index contributed by atoms with van der Waals surface area (Å²) >= 11 is 7.00. The van der Waals surface area contributed by atoms with Crippen molar-refractivity contribution in [3.05, 3.63) is 40.4 Å². The molecular formula is C14H15ClN2O2S. The van der Waals surface area contributed by atoms with Gasteiger partial charge in [0.05, 0.1) is 11.6 Å². The SMILES string of the molecule is Cc1ccc(OCC(=O)Nc2nc(CCl)cs2)c(C)c1. The highest BCUT2D eigenvalue weighted by Crippen LogP contribution is 2.19. The number of aromatic nitrogens is 1. The molecule has 1 amide bonds. The van der Waals surface area contributed by atoms with E-state index in [1.54, 1.807) is 0 Å². The minimum atomic E-state index is -0.236. The summed E-state index contributed by atoms with van der Waals surface area (Å²) in [6, 6.07) is 5.83. The van der Waals surface area contributed by atoms with Crippen LogP contribution in [0, 0.1) is 13.8 Å². The van der Waals surface area contributed by atoms with E-state index in [0.29, 0.717) is 16.8 Å². The first-order valence-electron chi connectivity index (χ1n) is 6.09. The van der Waals surface area contributed by atoms with Gasteiger partial charge in [-0.25, -0.2) is 4.98 Å². The maximum atomic E-state index is 11.8. The van der Waals surface area contributed by atoms with Crippen molar-refractivity contribution < 1.29 is 9.53 Å². The number of carbonyl (C=O) groups is 1. The van der Waals surface area contributed by atoms with Crippen LogP contribution < -0.4 is 10.1 Å². The number of alkyl halides is 1. The number of anilines is 1. The first kappa shape index (κ1) is 14.8. The van der Waals surface area contributed by atoms with Crippen LogP contribution in [-0.4, -0.2) is 17.5 Å². The number of nitrogens with one attached hydrogen (secondary N) is 1. The van der Waals surface area contributed by atoms with Crippen molar-refractivity contribution in [2.75, 3.05) is 11.9 Å². The van der Waals surface area contributed by atoms with Crippen molar-refractivity contribution in [3.63, 3.8) is 0 Å². The normalized spacial score (nSPS) is 10.3. The first-order valence-corrected chi connectivity index (χ1v) is 7.50. The number of hydrogen-bond donors (Lipinski definition) is 1. The molecule has 1 aromatic carbocycles. The van der Waals surface area contributed by atoms with E-state index < -0.39 is 0 Å². The number of hydrogen-bond acceptors (Lipinski definition) is 4. The molecule has 0 fully saturated rings. The van der Waals surface area contributed by atoms with Crippen molar-refractivity contribution in [1.29, 1.82) is 0 Å². The topological polar surface area (TPSA) is 51.2 Å². The first-order chi connectivity index (χ1) is 9.58. The molecule has 0 aliphatic rings. The molecule has 1 heterocycles. The smallest absolute Gasteiger partial charge is 0.264 e. The van der Waals surface area contributed by atoms with Crippen LogP contribution in [0.25, 0.3) is 0 Å². The van der Waals surface area contributed by atoms with Crippen LogP contribution >= 0.6 is 22.9 Å². The molecule has 2 aromatic rings. The molecule has 0 saturated carbocycles. The number of thiazole rings is 1. The van der Waals surface area contributed by atoms with Crippen LogP contribution in [0.3, 0.4) is 0 Å². The summed E-state index contributed by atoms with van der Waals surface area (Å²) < 4.78 is 5.50. The summed E-state index contributed by atoms with van der Waals surface area (Å²) in [4.78, 5) is 15.9. The van der Waals surface area contributed by atoms with Crippen molar-refractivity contribution >= 4 is 34.0 Å². The zero-order chi connectivity index (χ0) is 14.5. The summed E-state index contributed by atoms with van der Waals surface area (Å²) in [5.74, 6) is 0.817. The Morgan fingerprint density at radius 1 is 1.45 bits per heavy atom. The summed E-state index contributed by atoms with van der Waals surface area (Å²) in [6.45, 7) is 3.92. The monoisotopic (exact) mass is 310 g/mol. The standard InChI is InChI=1S/C14H15ClN2O2S/c1-9-3-4-12(10(2)5-9)19-7-13(18)17-14-16-11(6-15)8-20-14/h3-5,8H,6-7H2,1-2H3,(H,16,17,18). The molecule has 6 heteroatoms. The lowest BCUT2D eigenvalue weighted by Gasteiger charge is -2.09. The Hall–Kier alpha value is -1.59. The van der Waals surface area contributed by atoms with Crippen LogP contribution in [0.15, 0.2) is 23.6 Å². The number of nitrogens with zero attached hydrogens (tertiary/aromatic N) is 1.